The van der Waals surface area contributed by atoms with Crippen molar-refractivity contribution in [3.63, 3.8) is 0 Å². The van der Waals surface area contributed by atoms with Gasteiger partial charge in [0.25, 0.3) is 0 Å². The smallest absolute Gasteiger partial charge is 0.326 e. The molecule has 1 atom stereocenters. The quantitative estimate of drug-likeness (QED) is 0.787. The molecule has 0 saturated carbocycles. The molecule has 3 aromatic rings. The Bertz CT molecular complexity index is 842. The van der Waals surface area contributed by atoms with Gasteiger partial charge in [0.2, 0.25) is 10.1 Å². The number of carbonyl (C=O) groups is 1. The number of fused-ring (bicyclic) bond motifs is 1. The van der Waals surface area contributed by atoms with E-state index in [-0.39, 0.29) is 0 Å². The Morgan fingerprint density at radius 1 is 1.35 bits per heavy atom. The molecule has 0 radical (unpaired) electrons. The average Bonchev–Trinajstić information content (AvgIpc) is 3.21. The first kappa shape index (κ1) is 14.5. The minimum Gasteiger partial charge on any atom is -0.480 e. The van der Waals surface area contributed by atoms with Gasteiger partial charge in [0.05, 0.1) is 11.9 Å². The molecule has 8 heteroatoms. The molecule has 3 heterocycles. The predicted molar refractivity (Wildman–Crippen MR) is 89.3 cm³/mol. The highest BCUT2D eigenvalue weighted by atomic mass is 35.5. The summed E-state index contributed by atoms with van der Waals surface area (Å²) in [5.74, 6) is -0.794. The second-order valence-electron chi connectivity index (χ2n) is 5.43. The third-order valence-corrected chi connectivity index (χ3v) is 5.17. The number of hydrogen-bond donors (Lipinski definition) is 1. The van der Waals surface area contributed by atoms with Crippen LogP contribution in [0.5, 0.6) is 0 Å². The number of carboxylic acid groups (broad SMARTS) is 1. The number of carboxylic acids is 1. The van der Waals surface area contributed by atoms with E-state index in [0.717, 1.165) is 29.2 Å². The highest BCUT2D eigenvalue weighted by Gasteiger charge is 2.32. The number of halogens is 1. The fourth-order valence-corrected chi connectivity index (χ4v) is 3.90. The van der Waals surface area contributed by atoms with Gasteiger partial charge >= 0.3 is 5.97 Å². The SMILES string of the molecule is O=C(O)[C@@H]1CCCN1c1nn2cc(-c3ccc(Cl)cc3)nc2s1. The second kappa shape index (κ2) is 5.50. The molecule has 0 unspecified atom stereocenters. The Balaban J connectivity index is 1.66. The standard InChI is InChI=1S/C15H13ClN4O2S/c16-10-5-3-9(4-6-10)11-8-20-14(17-11)23-15(18-20)19-7-1-2-12(19)13(21)22/h3-6,8,12H,1-2,7H2,(H,21,22)/t12-/m0/s1. The molecule has 1 N–H and O–H groups in total. The van der Waals surface area contributed by atoms with E-state index >= 15 is 0 Å². The Kier molecular flexibility index (Phi) is 3.46. The molecule has 0 bridgehead atoms. The summed E-state index contributed by atoms with van der Waals surface area (Å²) < 4.78 is 1.71. The lowest BCUT2D eigenvalue weighted by atomic mass is 10.2. The first-order chi connectivity index (χ1) is 11.1. The molecular formula is C15H13ClN4O2S. The van der Waals surface area contributed by atoms with Gasteiger partial charge < -0.3 is 10.0 Å². The van der Waals surface area contributed by atoms with Gasteiger partial charge in [-0.05, 0) is 25.0 Å². The summed E-state index contributed by atoms with van der Waals surface area (Å²) in [6, 6.07) is 6.99. The predicted octanol–water partition coefficient (Wildman–Crippen LogP) is 3.16. The van der Waals surface area contributed by atoms with Crippen molar-refractivity contribution in [2.45, 2.75) is 18.9 Å². The van der Waals surface area contributed by atoms with Gasteiger partial charge in [-0.2, -0.15) is 0 Å². The highest BCUT2D eigenvalue weighted by Crippen LogP contribution is 2.31. The third kappa shape index (κ3) is 2.55. The number of aliphatic carboxylic acids is 1. The molecule has 4 rings (SSSR count). The van der Waals surface area contributed by atoms with E-state index in [1.807, 2.05) is 35.4 Å². The minimum atomic E-state index is -0.794. The van der Waals surface area contributed by atoms with Gasteiger partial charge in [-0.3, -0.25) is 0 Å². The molecule has 6 nitrogen and oxygen atoms in total. The maximum absolute atomic E-state index is 11.3. The van der Waals surface area contributed by atoms with Crippen molar-refractivity contribution in [1.29, 1.82) is 0 Å². The van der Waals surface area contributed by atoms with Crippen molar-refractivity contribution in [2.75, 3.05) is 11.4 Å². The third-order valence-electron chi connectivity index (χ3n) is 3.96. The molecule has 1 aromatic carbocycles. The summed E-state index contributed by atoms with van der Waals surface area (Å²) in [5, 5.41) is 15.2. The van der Waals surface area contributed by atoms with Crippen LogP contribution in [0, 0.1) is 0 Å². The molecular weight excluding hydrogens is 336 g/mol. The van der Waals surface area contributed by atoms with Crippen LogP contribution in [0.15, 0.2) is 30.5 Å². The molecule has 2 aromatic heterocycles. The van der Waals surface area contributed by atoms with Gasteiger partial charge in [-0.15, -0.1) is 5.10 Å². The normalized spacial score (nSPS) is 18.0. The van der Waals surface area contributed by atoms with E-state index in [4.69, 9.17) is 11.6 Å². The van der Waals surface area contributed by atoms with E-state index in [1.165, 1.54) is 11.3 Å². The first-order valence-electron chi connectivity index (χ1n) is 7.23. The molecule has 0 aliphatic carbocycles. The summed E-state index contributed by atoms with van der Waals surface area (Å²) >= 11 is 7.31. The van der Waals surface area contributed by atoms with Crippen LogP contribution in [-0.2, 0) is 4.79 Å². The lowest BCUT2D eigenvalue weighted by Gasteiger charge is -2.19. The Morgan fingerprint density at radius 3 is 2.83 bits per heavy atom. The summed E-state index contributed by atoms with van der Waals surface area (Å²) in [7, 11) is 0. The van der Waals surface area contributed by atoms with Crippen molar-refractivity contribution in [3.05, 3.63) is 35.5 Å². The number of hydrogen-bond acceptors (Lipinski definition) is 5. The van der Waals surface area contributed by atoms with Crippen molar-refractivity contribution < 1.29 is 9.90 Å². The minimum absolute atomic E-state index is 0.485. The molecule has 0 amide bonds. The van der Waals surface area contributed by atoms with Gasteiger partial charge in [-0.25, -0.2) is 14.3 Å². The summed E-state index contributed by atoms with van der Waals surface area (Å²) in [6.07, 6.45) is 3.38. The lowest BCUT2D eigenvalue weighted by molar-refractivity contribution is -0.138. The van der Waals surface area contributed by atoms with E-state index in [0.29, 0.717) is 16.6 Å². The topological polar surface area (TPSA) is 70.7 Å². The van der Waals surface area contributed by atoms with Gasteiger partial charge in [0.15, 0.2) is 0 Å². The molecule has 23 heavy (non-hydrogen) atoms. The monoisotopic (exact) mass is 348 g/mol. The van der Waals surface area contributed by atoms with E-state index < -0.39 is 12.0 Å². The fraction of sp³-hybridized carbons (Fsp3) is 0.267. The Hall–Kier alpha value is -2.12. The summed E-state index contributed by atoms with van der Waals surface area (Å²) in [6.45, 7) is 0.720. The van der Waals surface area contributed by atoms with Crippen LogP contribution in [0.25, 0.3) is 16.2 Å². The molecule has 1 saturated heterocycles. The maximum atomic E-state index is 11.3. The van der Waals surface area contributed by atoms with Crippen molar-refractivity contribution >= 4 is 39.0 Å². The van der Waals surface area contributed by atoms with Crippen molar-refractivity contribution in [3.8, 4) is 11.3 Å². The summed E-state index contributed by atoms with van der Waals surface area (Å²) in [4.78, 5) is 18.5. The number of nitrogens with zero attached hydrogens (tertiary/aromatic N) is 4. The highest BCUT2D eigenvalue weighted by molar-refractivity contribution is 7.20. The van der Waals surface area contributed by atoms with Crippen molar-refractivity contribution in [2.24, 2.45) is 0 Å². The molecule has 1 aliphatic rings. The van der Waals surface area contributed by atoms with Gasteiger partial charge in [0, 0.05) is 17.1 Å². The average molecular weight is 349 g/mol. The van der Waals surface area contributed by atoms with Crippen LogP contribution in [0.4, 0.5) is 5.13 Å². The second-order valence-corrected chi connectivity index (χ2v) is 6.81. The van der Waals surface area contributed by atoms with Crippen molar-refractivity contribution in [1.82, 2.24) is 14.6 Å². The van der Waals surface area contributed by atoms with E-state index in [1.54, 1.807) is 4.52 Å². The van der Waals surface area contributed by atoms with Gasteiger partial charge in [0.1, 0.15) is 6.04 Å². The largest absolute Gasteiger partial charge is 0.480 e. The zero-order chi connectivity index (χ0) is 16.0. The van der Waals surface area contributed by atoms with Crippen LogP contribution in [0.1, 0.15) is 12.8 Å². The molecule has 1 fully saturated rings. The zero-order valence-corrected chi connectivity index (χ0v) is 13.6. The number of benzene rings is 1. The maximum Gasteiger partial charge on any atom is 0.326 e. The lowest BCUT2D eigenvalue weighted by Crippen LogP contribution is -2.35. The molecule has 118 valence electrons. The molecule has 0 spiro atoms. The molecule has 1 aliphatic heterocycles. The first-order valence-corrected chi connectivity index (χ1v) is 8.43. The number of rotatable bonds is 3. The van der Waals surface area contributed by atoms with Crippen LogP contribution >= 0.6 is 22.9 Å². The van der Waals surface area contributed by atoms with Crippen LogP contribution < -0.4 is 4.90 Å². The summed E-state index contributed by atoms with van der Waals surface area (Å²) in [5.41, 5.74) is 1.79. The van der Waals surface area contributed by atoms with Crippen LogP contribution in [-0.4, -0.2) is 38.3 Å². The van der Waals surface area contributed by atoms with E-state index in [9.17, 15) is 9.90 Å². The fourth-order valence-electron chi connectivity index (χ4n) is 2.82. The number of anilines is 1. The van der Waals surface area contributed by atoms with E-state index in [2.05, 4.69) is 10.1 Å². The zero-order valence-electron chi connectivity index (χ0n) is 12.0. The number of aromatic nitrogens is 3. The Labute approximate surface area is 140 Å². The van der Waals surface area contributed by atoms with Crippen LogP contribution in [0.2, 0.25) is 5.02 Å². The van der Waals surface area contributed by atoms with Crippen LogP contribution in [0.3, 0.4) is 0 Å². The van der Waals surface area contributed by atoms with Gasteiger partial charge in [-0.1, -0.05) is 35.1 Å². The number of imidazole rings is 1. The Morgan fingerprint density at radius 2 is 2.13 bits per heavy atom.